The first kappa shape index (κ1) is 32.9. The molecule has 0 aliphatic carbocycles. The third kappa shape index (κ3) is 8.53. The molecule has 6 N–H and O–H groups in total. The van der Waals surface area contributed by atoms with Crippen LogP contribution in [0.3, 0.4) is 0 Å². The molecular formula is C26H23N7O9S3. The lowest BCUT2D eigenvalue weighted by atomic mass is 10.1. The van der Waals surface area contributed by atoms with Gasteiger partial charge < -0.3 is 0 Å². The summed E-state index contributed by atoms with van der Waals surface area (Å²) in [4.78, 5) is 47.5. The Balaban J connectivity index is 1.58. The van der Waals surface area contributed by atoms with Crippen LogP contribution < -0.4 is 30.8 Å². The first-order chi connectivity index (χ1) is 21.3. The number of benzene rings is 3. The van der Waals surface area contributed by atoms with Gasteiger partial charge in [0.2, 0.25) is 0 Å². The lowest BCUT2D eigenvalue weighted by Gasteiger charge is -2.12. The van der Waals surface area contributed by atoms with Gasteiger partial charge in [-0.15, -0.1) is 14.5 Å². The van der Waals surface area contributed by atoms with Crippen LogP contribution in [-0.4, -0.2) is 48.0 Å². The third-order valence-corrected chi connectivity index (χ3v) is 9.40. The lowest BCUT2D eigenvalue weighted by molar-refractivity contribution is 0.0934. The molecule has 0 radical (unpaired) electrons. The highest BCUT2D eigenvalue weighted by Gasteiger charge is 2.23. The highest BCUT2D eigenvalue weighted by atomic mass is 32.2. The van der Waals surface area contributed by atoms with Crippen molar-refractivity contribution in [2.45, 2.75) is 14.7 Å². The van der Waals surface area contributed by atoms with Crippen LogP contribution >= 0.6 is 0 Å². The minimum Gasteiger partial charge on any atom is -0.273 e. The minimum atomic E-state index is -4.24. The molecule has 4 aromatic rings. The molecule has 16 nitrogen and oxygen atoms in total. The molecule has 4 rings (SSSR count). The quantitative estimate of drug-likeness (QED) is 0.110. The summed E-state index contributed by atoms with van der Waals surface area (Å²) in [6.07, 6.45) is 0. The molecule has 19 heteroatoms. The van der Waals surface area contributed by atoms with Crippen LogP contribution in [0.1, 0.15) is 31.3 Å². The lowest BCUT2D eigenvalue weighted by Crippen LogP contribution is -2.44. The molecule has 3 aromatic carbocycles. The highest BCUT2D eigenvalue weighted by molar-refractivity contribution is 7.90. The predicted molar refractivity (Wildman–Crippen MR) is 157 cm³/mol. The summed E-state index contributed by atoms with van der Waals surface area (Å²) in [6.45, 7) is 0. The van der Waals surface area contributed by atoms with Gasteiger partial charge >= 0.3 is 0 Å². The smallest absolute Gasteiger partial charge is 0.273 e. The first-order valence-corrected chi connectivity index (χ1v) is 16.9. The zero-order valence-electron chi connectivity index (χ0n) is 22.7. The number of pyridine rings is 1. The number of nitrogens with one attached hydrogen (secondary N) is 6. The highest BCUT2D eigenvalue weighted by Crippen LogP contribution is 2.11. The fourth-order valence-corrected chi connectivity index (χ4v) is 5.99. The number of carbonyl (C=O) groups is 3. The summed E-state index contributed by atoms with van der Waals surface area (Å²) in [5.41, 5.74) is 3.88. The predicted octanol–water partition coefficient (Wildman–Crippen LogP) is -0.0485. The zero-order chi connectivity index (χ0) is 32.7. The number of aromatic nitrogens is 1. The van der Waals surface area contributed by atoms with E-state index in [2.05, 4.69) is 4.98 Å². The Bertz CT molecular complexity index is 1800. The SMILES string of the molecule is O=C(NNS(=O)(=O)c1ccccc1)c1cc(C(=O)NNS(=O)(=O)c2ccccc2)nc(C(=O)NNS(=O)(=O)c2ccccc2)c1. The molecular weight excluding hydrogens is 651 g/mol. The van der Waals surface area contributed by atoms with Crippen molar-refractivity contribution in [3.63, 3.8) is 0 Å². The fraction of sp³-hybridized carbons (Fsp3) is 0. The second-order valence-corrected chi connectivity index (χ2v) is 13.8. The molecule has 45 heavy (non-hydrogen) atoms. The Morgan fingerprint density at radius 1 is 0.444 bits per heavy atom. The second-order valence-electron chi connectivity index (χ2n) is 8.74. The summed E-state index contributed by atoms with van der Waals surface area (Å²) in [5.74, 6) is -3.62. The van der Waals surface area contributed by atoms with Crippen molar-refractivity contribution in [3.05, 3.63) is 120 Å². The molecule has 0 aliphatic heterocycles. The monoisotopic (exact) mass is 673 g/mol. The zero-order valence-corrected chi connectivity index (χ0v) is 25.1. The number of sulfonamides is 3. The molecule has 0 saturated heterocycles. The van der Waals surface area contributed by atoms with Gasteiger partial charge in [0.1, 0.15) is 11.4 Å². The molecule has 3 amide bonds. The second kappa shape index (κ2) is 13.7. The number of rotatable bonds is 12. The molecule has 0 atom stereocenters. The van der Waals surface area contributed by atoms with Gasteiger partial charge in [0, 0.05) is 5.56 Å². The number of carbonyl (C=O) groups excluding carboxylic acids is 3. The van der Waals surface area contributed by atoms with E-state index < -0.39 is 64.7 Å². The fourth-order valence-electron chi connectivity index (χ4n) is 3.41. The van der Waals surface area contributed by atoms with Crippen LogP contribution in [0.25, 0.3) is 0 Å². The molecule has 0 unspecified atom stereocenters. The van der Waals surface area contributed by atoms with Crippen molar-refractivity contribution >= 4 is 47.8 Å². The number of hydrogen-bond acceptors (Lipinski definition) is 10. The van der Waals surface area contributed by atoms with Gasteiger partial charge in [-0.1, -0.05) is 54.6 Å². The van der Waals surface area contributed by atoms with Gasteiger partial charge in [0.05, 0.1) is 14.7 Å². The van der Waals surface area contributed by atoms with Crippen LogP contribution in [-0.2, 0) is 30.1 Å². The summed E-state index contributed by atoms with van der Waals surface area (Å²) < 4.78 is 75.1. The summed E-state index contributed by atoms with van der Waals surface area (Å²) in [7, 11) is -12.7. The largest absolute Gasteiger partial charge is 0.284 e. The van der Waals surface area contributed by atoms with Crippen LogP contribution in [0.5, 0.6) is 0 Å². The van der Waals surface area contributed by atoms with E-state index in [1.165, 1.54) is 72.8 Å². The van der Waals surface area contributed by atoms with Crippen molar-refractivity contribution in [1.82, 2.24) is 35.8 Å². The Morgan fingerprint density at radius 2 is 0.733 bits per heavy atom. The summed E-state index contributed by atoms with van der Waals surface area (Å²) >= 11 is 0. The third-order valence-electron chi connectivity index (χ3n) is 5.61. The Morgan fingerprint density at radius 3 is 1.04 bits per heavy atom. The van der Waals surface area contributed by atoms with Gasteiger partial charge in [-0.05, 0) is 48.5 Å². The van der Waals surface area contributed by atoms with Crippen LogP contribution in [0.2, 0.25) is 0 Å². The number of nitrogens with zero attached hydrogens (tertiary/aromatic N) is 1. The van der Waals surface area contributed by atoms with Crippen LogP contribution in [0.15, 0.2) is 118 Å². The molecule has 0 aliphatic rings. The standard InChI is InChI=1S/C26H23N7O9S3/c34-24(28-31-43(37,38)19-10-4-1-5-11-19)18-16-22(25(35)29-32-44(39,40)20-12-6-2-7-13-20)27-23(17-18)26(36)30-33-45(41,42)21-14-8-3-9-15-21/h1-17,31-33H,(H,28,34)(H,29,35)(H,30,36). The number of amides is 3. The first-order valence-electron chi connectivity index (χ1n) is 12.4. The van der Waals surface area contributed by atoms with E-state index in [1.807, 2.05) is 30.8 Å². The van der Waals surface area contributed by atoms with E-state index in [4.69, 9.17) is 0 Å². The van der Waals surface area contributed by atoms with E-state index in [0.717, 1.165) is 12.1 Å². The molecule has 1 heterocycles. The van der Waals surface area contributed by atoms with Gasteiger partial charge in [-0.2, -0.15) is 0 Å². The maximum Gasteiger partial charge on any atom is 0.284 e. The molecule has 0 spiro atoms. The van der Waals surface area contributed by atoms with Crippen molar-refractivity contribution < 1.29 is 39.6 Å². The summed E-state index contributed by atoms with van der Waals surface area (Å²) in [6, 6.07) is 22.6. The van der Waals surface area contributed by atoms with Crippen LogP contribution in [0, 0.1) is 0 Å². The topological polar surface area (TPSA) is 239 Å². The average Bonchev–Trinajstić information content (AvgIpc) is 3.06. The molecule has 0 saturated carbocycles. The van der Waals surface area contributed by atoms with E-state index in [0.29, 0.717) is 0 Å². The van der Waals surface area contributed by atoms with Gasteiger partial charge in [0.25, 0.3) is 47.8 Å². The maximum absolute atomic E-state index is 12.9. The van der Waals surface area contributed by atoms with E-state index >= 15 is 0 Å². The summed E-state index contributed by atoms with van der Waals surface area (Å²) in [5, 5.41) is 0. The van der Waals surface area contributed by atoms with E-state index in [9.17, 15) is 39.6 Å². The minimum absolute atomic E-state index is 0.184. The number of hydrogen-bond donors (Lipinski definition) is 6. The maximum atomic E-state index is 12.9. The van der Waals surface area contributed by atoms with E-state index in [-0.39, 0.29) is 14.7 Å². The Labute approximate surface area is 257 Å². The van der Waals surface area contributed by atoms with Crippen LogP contribution in [0.4, 0.5) is 0 Å². The van der Waals surface area contributed by atoms with E-state index in [1.54, 1.807) is 18.2 Å². The van der Waals surface area contributed by atoms with Gasteiger partial charge in [0.15, 0.2) is 0 Å². The average molecular weight is 674 g/mol. The molecule has 234 valence electrons. The molecule has 1 aromatic heterocycles. The van der Waals surface area contributed by atoms with Crippen molar-refractivity contribution in [2.24, 2.45) is 0 Å². The molecule has 0 fully saturated rings. The van der Waals surface area contributed by atoms with Crippen molar-refractivity contribution in [3.8, 4) is 0 Å². The Hall–Kier alpha value is -5.05. The number of hydrazine groups is 3. The van der Waals surface area contributed by atoms with Gasteiger partial charge in [-0.3, -0.25) is 30.7 Å². The van der Waals surface area contributed by atoms with Crippen molar-refractivity contribution in [1.29, 1.82) is 0 Å². The Kier molecular flexibility index (Phi) is 10.0. The molecule has 0 bridgehead atoms. The van der Waals surface area contributed by atoms with Gasteiger partial charge in [-0.25, -0.2) is 30.2 Å². The van der Waals surface area contributed by atoms with Crippen molar-refractivity contribution in [2.75, 3.05) is 0 Å². The normalized spacial score (nSPS) is 11.7.